The molecule has 0 atom stereocenters. The van der Waals surface area contributed by atoms with Gasteiger partial charge in [-0.2, -0.15) is 0 Å². The maximum Gasteiger partial charge on any atom is 0.267 e. The number of para-hydroxylation sites is 1. The topological polar surface area (TPSA) is 82.9 Å². The molecule has 0 bridgehead atoms. The minimum absolute atomic E-state index is 0.216. The molecule has 0 aliphatic carbocycles. The van der Waals surface area contributed by atoms with E-state index >= 15 is 0 Å². The molecule has 0 aliphatic rings. The van der Waals surface area contributed by atoms with E-state index < -0.39 is 0 Å². The van der Waals surface area contributed by atoms with E-state index in [1.807, 2.05) is 42.5 Å². The Morgan fingerprint density at radius 2 is 1.74 bits per heavy atom. The monoisotopic (exact) mass is 481 g/mol. The summed E-state index contributed by atoms with van der Waals surface area (Å²) in [6.07, 6.45) is 1.71. The largest absolute Gasteiger partial charge is 0.494 e. The second-order valence-corrected chi connectivity index (χ2v) is 8.70. The molecule has 0 N–H and O–H groups in total. The summed E-state index contributed by atoms with van der Waals surface area (Å²) >= 11 is 1.28. The average Bonchev–Trinajstić information content (AvgIpc) is 3.27. The summed E-state index contributed by atoms with van der Waals surface area (Å²) < 4.78 is 18.5. The van der Waals surface area contributed by atoms with Crippen molar-refractivity contribution in [2.45, 2.75) is 6.54 Å². The van der Waals surface area contributed by atoms with Crippen LogP contribution in [0.3, 0.4) is 0 Å². The highest BCUT2D eigenvalue weighted by atomic mass is 32.1. The predicted molar refractivity (Wildman–Crippen MR) is 133 cm³/mol. The van der Waals surface area contributed by atoms with Gasteiger partial charge in [-0.1, -0.05) is 24.3 Å². The van der Waals surface area contributed by atoms with Gasteiger partial charge >= 0.3 is 0 Å². The number of amides is 1. The molecule has 178 valence electrons. The summed E-state index contributed by atoms with van der Waals surface area (Å²) in [6, 6.07) is 13.3. The van der Waals surface area contributed by atoms with Gasteiger partial charge in [0, 0.05) is 38.9 Å². The Balaban J connectivity index is 1.91. The number of hydrogen-bond acceptors (Lipinski definition) is 7. The van der Waals surface area contributed by atoms with Gasteiger partial charge in [-0.15, -0.1) is 11.3 Å². The summed E-state index contributed by atoms with van der Waals surface area (Å²) in [5.74, 6) is 0.0854. The minimum atomic E-state index is -0.216. The number of pyridine rings is 2. The Bertz CT molecular complexity index is 1340. The highest BCUT2D eigenvalue weighted by molar-refractivity contribution is 7.22. The van der Waals surface area contributed by atoms with Crippen molar-refractivity contribution in [2.24, 2.45) is 0 Å². The molecular weight excluding hydrogens is 454 g/mol. The zero-order chi connectivity index (χ0) is 24.1. The smallest absolute Gasteiger partial charge is 0.267 e. The van der Waals surface area contributed by atoms with Crippen LogP contribution in [0, 0.1) is 0 Å². The lowest BCUT2D eigenvalue weighted by Gasteiger charge is -2.21. The number of methoxy groups -OCH3 is 3. The fourth-order valence-corrected chi connectivity index (χ4v) is 5.22. The summed E-state index contributed by atoms with van der Waals surface area (Å²) in [4.78, 5) is 33.8. The van der Waals surface area contributed by atoms with Crippen molar-refractivity contribution in [2.75, 3.05) is 47.6 Å². The van der Waals surface area contributed by atoms with Crippen molar-refractivity contribution >= 4 is 38.2 Å². The van der Waals surface area contributed by atoms with Gasteiger partial charge in [0.15, 0.2) is 5.75 Å². The van der Waals surface area contributed by atoms with Crippen LogP contribution in [-0.2, 0) is 16.0 Å². The van der Waals surface area contributed by atoms with Crippen molar-refractivity contribution < 1.29 is 19.0 Å². The van der Waals surface area contributed by atoms with Crippen LogP contribution in [0.5, 0.6) is 5.75 Å². The van der Waals surface area contributed by atoms with Crippen LogP contribution in [0.1, 0.15) is 15.4 Å². The zero-order valence-electron chi connectivity index (χ0n) is 19.4. The number of hydrogen-bond donors (Lipinski definition) is 0. The first-order valence-corrected chi connectivity index (χ1v) is 11.7. The standard InChI is InChI=1S/C25H27N3O5S/c1-31-14-12-27(13-15-32-2)25(30)23-21(33-3)20-22(34-23)18-9-4-5-10-19(18)28(24(20)29)16-17-8-6-7-11-26-17/h4-11H,12-16H2,1-3H3. The molecule has 3 aromatic heterocycles. The summed E-state index contributed by atoms with van der Waals surface area (Å²) in [5, 5.41) is 1.29. The van der Waals surface area contributed by atoms with Crippen LogP contribution in [-0.4, -0.2) is 68.0 Å². The molecule has 34 heavy (non-hydrogen) atoms. The molecule has 9 heteroatoms. The Morgan fingerprint density at radius 3 is 2.38 bits per heavy atom. The highest BCUT2D eigenvalue weighted by Crippen LogP contribution is 2.40. The average molecular weight is 482 g/mol. The zero-order valence-corrected chi connectivity index (χ0v) is 20.3. The van der Waals surface area contributed by atoms with Gasteiger partial charge < -0.3 is 23.7 Å². The first-order valence-electron chi connectivity index (χ1n) is 10.9. The molecule has 0 aliphatic heterocycles. The Labute approximate surface area is 201 Å². The second kappa shape index (κ2) is 10.8. The molecule has 4 aromatic rings. The van der Waals surface area contributed by atoms with Crippen molar-refractivity contribution in [3.05, 3.63) is 69.6 Å². The van der Waals surface area contributed by atoms with Crippen LogP contribution >= 0.6 is 11.3 Å². The molecule has 1 aromatic carbocycles. The van der Waals surface area contributed by atoms with Gasteiger partial charge in [0.05, 0.1) is 42.8 Å². The molecule has 1 amide bonds. The Kier molecular flexibility index (Phi) is 7.56. The number of nitrogens with zero attached hydrogens (tertiary/aromatic N) is 3. The normalized spacial score (nSPS) is 11.3. The van der Waals surface area contributed by atoms with Crippen LogP contribution in [0.15, 0.2) is 53.5 Å². The van der Waals surface area contributed by atoms with Crippen LogP contribution in [0.2, 0.25) is 0 Å². The molecule has 4 rings (SSSR count). The van der Waals surface area contributed by atoms with E-state index in [9.17, 15) is 9.59 Å². The summed E-state index contributed by atoms with van der Waals surface area (Å²) in [7, 11) is 4.68. The molecule has 0 saturated carbocycles. The minimum Gasteiger partial charge on any atom is -0.494 e. The first-order chi connectivity index (χ1) is 16.6. The lowest BCUT2D eigenvalue weighted by Crippen LogP contribution is -2.36. The molecule has 8 nitrogen and oxygen atoms in total. The number of ether oxygens (including phenoxy) is 3. The maximum absolute atomic E-state index is 13.8. The van der Waals surface area contributed by atoms with E-state index in [2.05, 4.69) is 4.98 Å². The number of aromatic nitrogens is 2. The molecule has 0 saturated heterocycles. The maximum atomic E-state index is 13.8. The number of benzene rings is 1. The lowest BCUT2D eigenvalue weighted by molar-refractivity contribution is 0.0629. The van der Waals surface area contributed by atoms with Gasteiger partial charge in [0.25, 0.3) is 11.5 Å². The van der Waals surface area contributed by atoms with Crippen LogP contribution in [0.4, 0.5) is 0 Å². The van der Waals surface area contributed by atoms with E-state index in [1.54, 1.807) is 29.9 Å². The van der Waals surface area contributed by atoms with Crippen molar-refractivity contribution in [3.8, 4) is 5.75 Å². The quantitative estimate of drug-likeness (QED) is 0.345. The number of thiophene rings is 1. The third-order valence-electron chi connectivity index (χ3n) is 5.63. The van der Waals surface area contributed by atoms with E-state index in [1.165, 1.54) is 18.4 Å². The number of fused-ring (bicyclic) bond motifs is 3. The summed E-state index contributed by atoms with van der Waals surface area (Å²) in [6.45, 7) is 1.90. The first kappa shape index (κ1) is 23.9. The van der Waals surface area contributed by atoms with Crippen molar-refractivity contribution in [1.82, 2.24) is 14.5 Å². The SMILES string of the molecule is COCCN(CCOC)C(=O)c1sc2c(c1OC)c(=O)n(Cc1ccccn1)c1ccccc21. The van der Waals surface area contributed by atoms with Gasteiger partial charge in [0.1, 0.15) is 10.3 Å². The van der Waals surface area contributed by atoms with E-state index in [-0.39, 0.29) is 11.5 Å². The highest BCUT2D eigenvalue weighted by Gasteiger charge is 2.27. The summed E-state index contributed by atoms with van der Waals surface area (Å²) in [5.41, 5.74) is 1.33. The van der Waals surface area contributed by atoms with Crippen LogP contribution in [0.25, 0.3) is 21.0 Å². The molecule has 0 spiro atoms. The molecule has 0 fully saturated rings. The van der Waals surface area contributed by atoms with E-state index in [4.69, 9.17) is 14.2 Å². The van der Waals surface area contributed by atoms with Gasteiger partial charge in [-0.25, -0.2) is 0 Å². The van der Waals surface area contributed by atoms with Crippen molar-refractivity contribution in [1.29, 1.82) is 0 Å². The van der Waals surface area contributed by atoms with Crippen molar-refractivity contribution in [3.63, 3.8) is 0 Å². The second-order valence-electron chi connectivity index (χ2n) is 7.68. The van der Waals surface area contributed by atoms with Gasteiger partial charge in [0.2, 0.25) is 0 Å². The Hall–Kier alpha value is -3.27. The lowest BCUT2D eigenvalue weighted by atomic mass is 10.1. The van der Waals surface area contributed by atoms with E-state index in [0.717, 1.165) is 21.3 Å². The molecule has 0 radical (unpaired) electrons. The van der Waals surface area contributed by atoms with Gasteiger partial charge in [-0.3, -0.25) is 14.6 Å². The fourth-order valence-electron chi connectivity index (χ4n) is 3.95. The van der Waals surface area contributed by atoms with E-state index in [0.29, 0.717) is 48.9 Å². The number of rotatable bonds is 10. The Morgan fingerprint density at radius 1 is 1.03 bits per heavy atom. The molecule has 3 heterocycles. The number of carbonyl (C=O) groups is 1. The van der Waals surface area contributed by atoms with Gasteiger partial charge in [-0.05, 0) is 18.2 Å². The number of carbonyl (C=O) groups excluding carboxylic acids is 1. The third kappa shape index (κ3) is 4.54. The molecule has 0 unspecified atom stereocenters. The molecular formula is C25H27N3O5S. The van der Waals surface area contributed by atoms with Crippen LogP contribution < -0.4 is 10.3 Å². The third-order valence-corrected chi connectivity index (χ3v) is 6.82. The predicted octanol–water partition coefficient (Wildman–Crippen LogP) is 3.40. The fraction of sp³-hybridized carbons (Fsp3) is 0.320.